The lowest BCUT2D eigenvalue weighted by atomic mass is 10.1. The molecule has 2 aromatic carbocycles. The molecular formula is C23H26N2O4S. The molecule has 0 saturated carbocycles. The van der Waals surface area contributed by atoms with E-state index in [9.17, 15) is 0 Å². The van der Waals surface area contributed by atoms with Crippen LogP contribution < -0.4 is 23.7 Å². The largest absolute Gasteiger partial charge is 0.494 e. The molecule has 0 bridgehead atoms. The van der Waals surface area contributed by atoms with Crippen LogP contribution in [0.4, 0.5) is 5.69 Å². The lowest BCUT2D eigenvalue weighted by Gasteiger charge is -2.15. The van der Waals surface area contributed by atoms with Crippen molar-refractivity contribution >= 4 is 17.0 Å². The predicted molar refractivity (Wildman–Crippen MR) is 120 cm³/mol. The third-order valence-electron chi connectivity index (χ3n) is 4.44. The van der Waals surface area contributed by atoms with E-state index in [0.717, 1.165) is 27.5 Å². The Morgan fingerprint density at radius 3 is 2.23 bits per heavy atom. The summed E-state index contributed by atoms with van der Waals surface area (Å²) >= 11 is 1.56. The lowest BCUT2D eigenvalue weighted by molar-refractivity contribution is 0.324. The van der Waals surface area contributed by atoms with Crippen LogP contribution in [0.25, 0.3) is 11.3 Å². The number of methoxy groups -OCH3 is 3. The molecule has 0 amide bonds. The van der Waals surface area contributed by atoms with Gasteiger partial charge in [-0.1, -0.05) is 6.08 Å². The van der Waals surface area contributed by atoms with Crippen LogP contribution >= 0.6 is 11.3 Å². The maximum atomic E-state index is 5.51. The Balaban J connectivity index is 2.10. The Kier molecular flexibility index (Phi) is 7.19. The summed E-state index contributed by atoms with van der Waals surface area (Å²) in [5, 5.41) is 2.07. The number of allylic oxidation sites excluding steroid dienone is 1. The van der Waals surface area contributed by atoms with Crippen molar-refractivity contribution in [2.75, 3.05) is 27.9 Å². The summed E-state index contributed by atoms with van der Waals surface area (Å²) < 4.78 is 24.1. The molecule has 0 aliphatic rings. The van der Waals surface area contributed by atoms with Gasteiger partial charge in [-0.3, -0.25) is 0 Å². The maximum Gasteiger partial charge on any atom is 0.203 e. The van der Waals surface area contributed by atoms with Crippen LogP contribution in [0.5, 0.6) is 23.0 Å². The molecule has 0 atom stereocenters. The summed E-state index contributed by atoms with van der Waals surface area (Å²) in [6.45, 7) is 7.12. The molecule has 3 rings (SSSR count). The number of hydrogen-bond donors (Lipinski definition) is 0. The highest BCUT2D eigenvalue weighted by Crippen LogP contribution is 2.41. The molecule has 0 saturated heterocycles. The normalized spacial score (nSPS) is 11.3. The van der Waals surface area contributed by atoms with Crippen LogP contribution in [0.2, 0.25) is 0 Å². The first-order chi connectivity index (χ1) is 14.6. The van der Waals surface area contributed by atoms with Gasteiger partial charge in [-0.15, -0.1) is 17.9 Å². The lowest BCUT2D eigenvalue weighted by Crippen LogP contribution is -2.14. The molecule has 0 unspecified atom stereocenters. The van der Waals surface area contributed by atoms with E-state index >= 15 is 0 Å². The molecule has 7 heteroatoms. The van der Waals surface area contributed by atoms with Crippen LogP contribution in [0.15, 0.2) is 59.4 Å². The van der Waals surface area contributed by atoms with E-state index in [4.69, 9.17) is 23.9 Å². The number of hydrogen-bond acceptors (Lipinski definition) is 6. The highest BCUT2D eigenvalue weighted by molar-refractivity contribution is 7.07. The summed E-state index contributed by atoms with van der Waals surface area (Å²) in [6.07, 6.45) is 1.85. The maximum absolute atomic E-state index is 5.51. The van der Waals surface area contributed by atoms with Crippen LogP contribution in [-0.4, -0.2) is 32.5 Å². The molecule has 6 nitrogen and oxygen atoms in total. The minimum Gasteiger partial charge on any atom is -0.494 e. The van der Waals surface area contributed by atoms with Gasteiger partial charge in [0.15, 0.2) is 16.3 Å². The molecule has 0 radical (unpaired) electrons. The fraction of sp³-hybridized carbons (Fsp3) is 0.261. The standard InChI is InChI=1S/C23H26N2O4S/c1-6-12-25-19(16-13-20(26-3)22(28-5)21(14-16)27-4)15-30-23(25)24-17-8-10-18(11-9-17)29-7-2/h6,8-11,13-15H,1,7,12H2,2-5H3. The molecule has 0 aliphatic heterocycles. The molecule has 30 heavy (non-hydrogen) atoms. The van der Waals surface area contributed by atoms with E-state index in [1.165, 1.54) is 0 Å². The second-order valence-electron chi connectivity index (χ2n) is 6.26. The summed E-state index contributed by atoms with van der Waals surface area (Å²) in [6, 6.07) is 11.6. The topological polar surface area (TPSA) is 54.2 Å². The van der Waals surface area contributed by atoms with Crippen molar-refractivity contribution in [2.24, 2.45) is 4.99 Å². The third-order valence-corrected chi connectivity index (χ3v) is 5.31. The number of aromatic nitrogens is 1. The van der Waals surface area contributed by atoms with E-state index in [1.54, 1.807) is 32.7 Å². The Hall–Kier alpha value is -3.19. The van der Waals surface area contributed by atoms with Gasteiger partial charge in [-0.2, -0.15) is 0 Å². The first-order valence-electron chi connectivity index (χ1n) is 9.52. The zero-order valence-electron chi connectivity index (χ0n) is 17.7. The Morgan fingerprint density at radius 2 is 1.70 bits per heavy atom. The van der Waals surface area contributed by atoms with Crippen molar-refractivity contribution in [3.05, 3.63) is 59.2 Å². The van der Waals surface area contributed by atoms with Crippen LogP contribution in [0.1, 0.15) is 6.92 Å². The van der Waals surface area contributed by atoms with Gasteiger partial charge in [0.25, 0.3) is 0 Å². The van der Waals surface area contributed by atoms with E-state index in [0.29, 0.717) is 30.4 Å². The molecule has 158 valence electrons. The SMILES string of the molecule is C=CCn1c(-c2cc(OC)c(OC)c(OC)c2)csc1=Nc1ccc(OCC)cc1. The monoisotopic (exact) mass is 426 g/mol. The number of rotatable bonds is 9. The molecule has 1 aromatic heterocycles. The Bertz CT molecular complexity index is 1040. The molecule has 0 N–H and O–H groups in total. The zero-order valence-corrected chi connectivity index (χ0v) is 18.5. The fourth-order valence-electron chi connectivity index (χ4n) is 3.08. The molecule has 0 fully saturated rings. The van der Waals surface area contributed by atoms with E-state index in [-0.39, 0.29) is 0 Å². The van der Waals surface area contributed by atoms with Crippen LogP contribution in [0.3, 0.4) is 0 Å². The van der Waals surface area contributed by atoms with Gasteiger partial charge in [0.1, 0.15) is 5.75 Å². The second-order valence-corrected chi connectivity index (χ2v) is 7.09. The van der Waals surface area contributed by atoms with Crippen molar-refractivity contribution in [3.8, 4) is 34.3 Å². The van der Waals surface area contributed by atoms with Gasteiger partial charge >= 0.3 is 0 Å². The zero-order chi connectivity index (χ0) is 21.5. The quantitative estimate of drug-likeness (QED) is 0.449. The summed E-state index contributed by atoms with van der Waals surface area (Å²) in [4.78, 5) is 5.68. The average Bonchev–Trinajstić information content (AvgIpc) is 3.16. The van der Waals surface area contributed by atoms with Crippen molar-refractivity contribution < 1.29 is 18.9 Å². The van der Waals surface area contributed by atoms with Crippen molar-refractivity contribution in [1.82, 2.24) is 4.57 Å². The third kappa shape index (κ3) is 4.52. The predicted octanol–water partition coefficient (Wildman–Crippen LogP) is 5.06. The van der Waals surface area contributed by atoms with E-state index in [2.05, 4.69) is 16.5 Å². The molecule has 3 aromatic rings. The highest BCUT2D eigenvalue weighted by Gasteiger charge is 2.16. The average molecular weight is 427 g/mol. The number of thiazole rings is 1. The Labute approximate surface area is 180 Å². The second kappa shape index (κ2) is 10.0. The van der Waals surface area contributed by atoms with Gasteiger partial charge in [0.05, 0.1) is 39.3 Å². The van der Waals surface area contributed by atoms with Crippen LogP contribution in [0, 0.1) is 0 Å². The molecule has 0 spiro atoms. The summed E-state index contributed by atoms with van der Waals surface area (Å²) in [5.41, 5.74) is 2.79. The fourth-order valence-corrected chi connectivity index (χ4v) is 4.02. The van der Waals surface area contributed by atoms with Gasteiger partial charge in [-0.25, -0.2) is 4.99 Å². The number of benzene rings is 2. The first kappa shape index (κ1) is 21.5. The summed E-state index contributed by atoms with van der Waals surface area (Å²) in [5.74, 6) is 2.61. The van der Waals surface area contributed by atoms with E-state index < -0.39 is 0 Å². The highest BCUT2D eigenvalue weighted by atomic mass is 32.1. The van der Waals surface area contributed by atoms with Gasteiger partial charge in [0.2, 0.25) is 5.75 Å². The first-order valence-corrected chi connectivity index (χ1v) is 10.4. The smallest absolute Gasteiger partial charge is 0.203 e. The van der Waals surface area contributed by atoms with Crippen molar-refractivity contribution in [2.45, 2.75) is 13.5 Å². The minimum absolute atomic E-state index is 0.563. The van der Waals surface area contributed by atoms with Gasteiger partial charge in [0, 0.05) is 17.5 Å². The number of nitrogens with zero attached hydrogens (tertiary/aromatic N) is 2. The molecule has 0 aliphatic carbocycles. The van der Waals surface area contributed by atoms with Crippen molar-refractivity contribution in [3.63, 3.8) is 0 Å². The van der Waals surface area contributed by atoms with Crippen LogP contribution in [-0.2, 0) is 6.54 Å². The molecule has 1 heterocycles. The summed E-state index contributed by atoms with van der Waals surface area (Å²) in [7, 11) is 4.81. The van der Waals surface area contributed by atoms with Gasteiger partial charge in [-0.05, 0) is 43.3 Å². The van der Waals surface area contributed by atoms with Gasteiger partial charge < -0.3 is 23.5 Å². The Morgan fingerprint density at radius 1 is 1.03 bits per heavy atom. The van der Waals surface area contributed by atoms with E-state index in [1.807, 2.05) is 49.4 Å². The van der Waals surface area contributed by atoms with Crippen molar-refractivity contribution in [1.29, 1.82) is 0 Å². The minimum atomic E-state index is 0.563. The molecular weight excluding hydrogens is 400 g/mol. The number of ether oxygens (including phenoxy) is 4.